The van der Waals surface area contributed by atoms with Gasteiger partial charge in [-0.05, 0) is 22.9 Å². The van der Waals surface area contributed by atoms with Crippen LogP contribution in [-0.4, -0.2) is 12.6 Å². The minimum atomic E-state index is -0.381. The largest absolute Gasteiger partial charge is 0.445 e. The van der Waals surface area contributed by atoms with E-state index >= 15 is 0 Å². The van der Waals surface area contributed by atoms with Gasteiger partial charge in [0.1, 0.15) is 6.61 Å². The molecule has 0 heterocycles. The third-order valence-corrected chi connectivity index (χ3v) is 2.50. The number of hydrogen-bond acceptors (Lipinski definition) is 2. The van der Waals surface area contributed by atoms with Crippen molar-refractivity contribution in [1.82, 2.24) is 5.32 Å². The van der Waals surface area contributed by atoms with Crippen LogP contribution in [0.5, 0.6) is 0 Å². The lowest BCUT2D eigenvalue weighted by atomic mass is 10.2. The van der Waals surface area contributed by atoms with Crippen LogP contribution in [0, 0.1) is 0 Å². The van der Waals surface area contributed by atoms with Gasteiger partial charge in [0.2, 0.25) is 0 Å². The molecule has 1 rings (SSSR count). The molecule has 0 aromatic heterocycles. The Labute approximate surface area is 110 Å². The summed E-state index contributed by atoms with van der Waals surface area (Å²) in [6.07, 6.45) is 1.32. The van der Waals surface area contributed by atoms with Crippen molar-refractivity contribution in [3.63, 3.8) is 0 Å². The van der Waals surface area contributed by atoms with Crippen molar-refractivity contribution in [2.45, 2.75) is 19.4 Å². The first-order valence-corrected chi connectivity index (χ1v) is 6.25. The standard InChI is InChI=1S/C13H16BrNO2/c1-11(14)6-5-9-15-13(16)17-10-12-7-3-2-4-8-12/h2-4,7-8H,1,5-6,9-10H2,(H,15,16). The molecule has 0 spiro atoms. The van der Waals surface area contributed by atoms with Crippen LogP contribution in [0.2, 0.25) is 0 Å². The van der Waals surface area contributed by atoms with Crippen molar-refractivity contribution in [2.24, 2.45) is 0 Å². The van der Waals surface area contributed by atoms with Gasteiger partial charge in [-0.15, -0.1) is 0 Å². The van der Waals surface area contributed by atoms with Crippen LogP contribution in [0.3, 0.4) is 0 Å². The molecule has 3 nitrogen and oxygen atoms in total. The first kappa shape index (κ1) is 13.8. The molecule has 0 saturated carbocycles. The Morgan fingerprint density at radius 2 is 2.06 bits per heavy atom. The Kier molecular flexibility index (Phi) is 6.40. The van der Waals surface area contributed by atoms with E-state index in [-0.39, 0.29) is 6.09 Å². The van der Waals surface area contributed by atoms with Crippen molar-refractivity contribution in [2.75, 3.05) is 6.54 Å². The molecule has 4 heteroatoms. The van der Waals surface area contributed by atoms with E-state index in [2.05, 4.69) is 27.8 Å². The quantitative estimate of drug-likeness (QED) is 0.815. The van der Waals surface area contributed by atoms with Crippen molar-refractivity contribution in [3.05, 3.63) is 47.0 Å². The second kappa shape index (κ2) is 7.90. The molecule has 0 unspecified atom stereocenters. The second-order valence-electron chi connectivity index (χ2n) is 3.61. The molecular weight excluding hydrogens is 282 g/mol. The molecule has 0 atom stereocenters. The Morgan fingerprint density at radius 1 is 1.35 bits per heavy atom. The Hall–Kier alpha value is -1.29. The van der Waals surface area contributed by atoms with E-state index in [9.17, 15) is 4.79 Å². The SMILES string of the molecule is C=C(Br)CCCNC(=O)OCc1ccccc1. The summed E-state index contributed by atoms with van der Waals surface area (Å²) in [5.74, 6) is 0. The van der Waals surface area contributed by atoms with E-state index in [1.165, 1.54) is 0 Å². The molecule has 0 aliphatic carbocycles. The van der Waals surface area contributed by atoms with Gasteiger partial charge in [-0.25, -0.2) is 4.79 Å². The van der Waals surface area contributed by atoms with Crippen molar-refractivity contribution in [1.29, 1.82) is 0 Å². The summed E-state index contributed by atoms with van der Waals surface area (Å²) in [6.45, 7) is 4.62. The van der Waals surface area contributed by atoms with Crippen molar-refractivity contribution >= 4 is 22.0 Å². The topological polar surface area (TPSA) is 38.3 Å². The minimum absolute atomic E-state index is 0.303. The molecule has 17 heavy (non-hydrogen) atoms. The molecule has 0 radical (unpaired) electrons. The zero-order valence-electron chi connectivity index (χ0n) is 9.62. The van der Waals surface area contributed by atoms with E-state index in [1.54, 1.807) is 0 Å². The number of ether oxygens (including phenoxy) is 1. The number of halogens is 1. The number of nitrogens with one attached hydrogen (secondary N) is 1. The van der Waals surface area contributed by atoms with Gasteiger partial charge in [-0.3, -0.25) is 0 Å². The molecule has 0 aliphatic heterocycles. The Balaban J connectivity index is 2.11. The maximum absolute atomic E-state index is 11.3. The van der Waals surface area contributed by atoms with Gasteiger partial charge in [-0.1, -0.05) is 52.8 Å². The van der Waals surface area contributed by atoms with Gasteiger partial charge >= 0.3 is 6.09 Å². The van der Waals surface area contributed by atoms with E-state index in [0.717, 1.165) is 22.9 Å². The first-order valence-electron chi connectivity index (χ1n) is 5.46. The van der Waals surface area contributed by atoms with Gasteiger partial charge in [0.05, 0.1) is 0 Å². The average Bonchev–Trinajstić information content (AvgIpc) is 2.33. The molecule has 1 N–H and O–H groups in total. The zero-order valence-corrected chi connectivity index (χ0v) is 11.2. The fraction of sp³-hybridized carbons (Fsp3) is 0.308. The predicted molar refractivity (Wildman–Crippen MR) is 71.9 cm³/mol. The summed E-state index contributed by atoms with van der Waals surface area (Å²) in [5, 5.41) is 2.69. The summed E-state index contributed by atoms with van der Waals surface area (Å²) in [4.78, 5) is 11.3. The normalized spacial score (nSPS) is 9.71. The average molecular weight is 298 g/mol. The molecule has 1 aromatic rings. The van der Waals surface area contributed by atoms with E-state index in [1.807, 2.05) is 30.3 Å². The second-order valence-corrected chi connectivity index (χ2v) is 4.73. The monoisotopic (exact) mass is 297 g/mol. The lowest BCUT2D eigenvalue weighted by molar-refractivity contribution is 0.139. The number of benzene rings is 1. The van der Waals surface area contributed by atoms with Crippen LogP contribution in [0.1, 0.15) is 18.4 Å². The molecule has 1 amide bonds. The van der Waals surface area contributed by atoms with E-state index in [0.29, 0.717) is 13.2 Å². The summed E-state index contributed by atoms with van der Waals surface area (Å²) in [6, 6.07) is 9.59. The van der Waals surface area contributed by atoms with Gasteiger partial charge < -0.3 is 10.1 Å². The van der Waals surface area contributed by atoms with Gasteiger partial charge in [0.15, 0.2) is 0 Å². The van der Waals surface area contributed by atoms with Crippen LogP contribution in [0.25, 0.3) is 0 Å². The lowest BCUT2D eigenvalue weighted by Gasteiger charge is -2.06. The zero-order chi connectivity index (χ0) is 12.5. The summed E-state index contributed by atoms with van der Waals surface area (Å²) in [7, 11) is 0. The fourth-order valence-corrected chi connectivity index (χ4v) is 1.53. The maximum Gasteiger partial charge on any atom is 0.407 e. The summed E-state index contributed by atoms with van der Waals surface area (Å²) >= 11 is 3.26. The van der Waals surface area contributed by atoms with Crippen LogP contribution < -0.4 is 5.32 Å². The number of allylic oxidation sites excluding steroid dienone is 1. The highest BCUT2D eigenvalue weighted by molar-refractivity contribution is 9.11. The summed E-state index contributed by atoms with van der Waals surface area (Å²) in [5.41, 5.74) is 0.983. The molecule has 0 aliphatic rings. The lowest BCUT2D eigenvalue weighted by Crippen LogP contribution is -2.25. The number of hydrogen-bond donors (Lipinski definition) is 1. The molecular formula is C13H16BrNO2. The van der Waals surface area contributed by atoms with E-state index < -0.39 is 0 Å². The van der Waals surface area contributed by atoms with Crippen LogP contribution >= 0.6 is 15.9 Å². The summed E-state index contributed by atoms with van der Waals surface area (Å²) < 4.78 is 5.99. The van der Waals surface area contributed by atoms with E-state index in [4.69, 9.17) is 4.74 Å². The molecule has 0 saturated heterocycles. The minimum Gasteiger partial charge on any atom is -0.445 e. The van der Waals surface area contributed by atoms with Gasteiger partial charge in [0.25, 0.3) is 0 Å². The molecule has 1 aromatic carbocycles. The third kappa shape index (κ3) is 6.79. The Bertz CT molecular complexity index is 365. The maximum atomic E-state index is 11.3. The van der Waals surface area contributed by atoms with Crippen LogP contribution in [0.4, 0.5) is 4.79 Å². The Morgan fingerprint density at radius 3 is 2.71 bits per heavy atom. The fourth-order valence-electron chi connectivity index (χ4n) is 1.24. The van der Waals surface area contributed by atoms with Crippen molar-refractivity contribution < 1.29 is 9.53 Å². The number of carbonyl (C=O) groups excluding carboxylic acids is 1. The van der Waals surface area contributed by atoms with Gasteiger partial charge in [-0.2, -0.15) is 0 Å². The highest BCUT2D eigenvalue weighted by Gasteiger charge is 2.01. The smallest absolute Gasteiger partial charge is 0.407 e. The number of rotatable bonds is 6. The molecule has 0 fully saturated rings. The number of amides is 1. The van der Waals surface area contributed by atoms with Crippen molar-refractivity contribution in [3.8, 4) is 0 Å². The predicted octanol–water partition coefficient (Wildman–Crippen LogP) is 3.60. The number of alkyl carbamates (subject to hydrolysis) is 1. The molecule has 92 valence electrons. The first-order chi connectivity index (χ1) is 8.18. The van der Waals surface area contributed by atoms with Gasteiger partial charge in [0, 0.05) is 6.54 Å². The highest BCUT2D eigenvalue weighted by Crippen LogP contribution is 2.08. The molecule has 0 bridgehead atoms. The highest BCUT2D eigenvalue weighted by atomic mass is 79.9. The number of carbonyl (C=O) groups is 1. The third-order valence-electron chi connectivity index (χ3n) is 2.11. The van der Waals surface area contributed by atoms with Crippen LogP contribution in [-0.2, 0) is 11.3 Å². The van der Waals surface area contributed by atoms with Crippen LogP contribution in [0.15, 0.2) is 41.4 Å².